The second-order valence-corrected chi connectivity index (χ2v) is 7.19. The summed E-state index contributed by atoms with van der Waals surface area (Å²) in [4.78, 5) is 19.6. The average Bonchev–Trinajstić information content (AvgIpc) is 3.02. The summed E-state index contributed by atoms with van der Waals surface area (Å²) >= 11 is 1.52. The van der Waals surface area contributed by atoms with Crippen LogP contribution < -0.4 is 0 Å². The third-order valence-electron chi connectivity index (χ3n) is 4.49. The number of carbonyl (C=O) groups excluding carboxylic acids is 1. The fourth-order valence-electron chi connectivity index (χ4n) is 3.01. The number of nitrogens with zero attached hydrogens (tertiary/aromatic N) is 3. The summed E-state index contributed by atoms with van der Waals surface area (Å²) in [6, 6.07) is 3.83. The number of rotatable bonds is 5. The van der Waals surface area contributed by atoms with Crippen LogP contribution in [0.15, 0.2) is 22.0 Å². The van der Waals surface area contributed by atoms with Gasteiger partial charge >= 0.3 is 0 Å². The highest BCUT2D eigenvalue weighted by Crippen LogP contribution is 2.38. The molecule has 116 valence electrons. The molecule has 0 spiro atoms. The van der Waals surface area contributed by atoms with E-state index in [4.69, 9.17) is 4.52 Å². The van der Waals surface area contributed by atoms with Crippen molar-refractivity contribution in [3.05, 3.63) is 34.1 Å². The van der Waals surface area contributed by atoms with E-state index in [0.29, 0.717) is 11.8 Å². The lowest BCUT2D eigenvalue weighted by Crippen LogP contribution is -2.28. The number of aryl methyl sites for hydroxylation is 1. The third kappa shape index (κ3) is 2.92. The molecule has 2 aliphatic rings. The van der Waals surface area contributed by atoms with Crippen molar-refractivity contribution in [3.8, 4) is 0 Å². The van der Waals surface area contributed by atoms with Crippen molar-refractivity contribution < 1.29 is 9.32 Å². The Morgan fingerprint density at radius 2 is 2.32 bits per heavy atom. The fourth-order valence-corrected chi connectivity index (χ4v) is 3.70. The van der Waals surface area contributed by atoms with Crippen LogP contribution in [-0.4, -0.2) is 34.0 Å². The van der Waals surface area contributed by atoms with E-state index >= 15 is 0 Å². The van der Waals surface area contributed by atoms with E-state index in [1.807, 2.05) is 22.4 Å². The normalized spacial score (nSPS) is 21.5. The minimum atomic E-state index is 0.174. The molecule has 1 aliphatic carbocycles. The molecule has 5 nitrogen and oxygen atoms in total. The van der Waals surface area contributed by atoms with Gasteiger partial charge in [0.15, 0.2) is 5.82 Å². The van der Waals surface area contributed by atoms with Crippen LogP contribution in [0.3, 0.4) is 0 Å². The highest BCUT2D eigenvalue weighted by atomic mass is 32.1. The number of hydrogen-bond acceptors (Lipinski definition) is 5. The van der Waals surface area contributed by atoms with Gasteiger partial charge in [0.05, 0.1) is 4.88 Å². The summed E-state index contributed by atoms with van der Waals surface area (Å²) in [5.41, 5.74) is 0. The molecular formula is C16H19N3O2S. The number of aromatic nitrogens is 2. The van der Waals surface area contributed by atoms with Crippen molar-refractivity contribution in [1.82, 2.24) is 15.0 Å². The summed E-state index contributed by atoms with van der Waals surface area (Å²) in [5.74, 6) is 2.88. The van der Waals surface area contributed by atoms with Gasteiger partial charge in [-0.3, -0.25) is 4.79 Å². The van der Waals surface area contributed by atoms with E-state index in [1.54, 1.807) is 0 Å². The van der Waals surface area contributed by atoms with Crippen LogP contribution in [-0.2, 0) is 6.42 Å². The summed E-state index contributed by atoms with van der Waals surface area (Å²) in [6.45, 7) is 1.71. The molecule has 2 fully saturated rings. The van der Waals surface area contributed by atoms with Crippen molar-refractivity contribution in [2.45, 2.75) is 38.0 Å². The van der Waals surface area contributed by atoms with Crippen molar-refractivity contribution in [3.63, 3.8) is 0 Å². The Balaban J connectivity index is 1.28. The Morgan fingerprint density at radius 3 is 3.09 bits per heavy atom. The van der Waals surface area contributed by atoms with Gasteiger partial charge in [0, 0.05) is 25.4 Å². The first-order valence-corrected chi connectivity index (χ1v) is 8.83. The summed E-state index contributed by atoms with van der Waals surface area (Å²) < 4.78 is 5.29. The lowest BCUT2D eigenvalue weighted by molar-refractivity contribution is 0.0791. The van der Waals surface area contributed by atoms with Crippen LogP contribution >= 0.6 is 11.3 Å². The highest BCUT2D eigenvalue weighted by molar-refractivity contribution is 7.12. The van der Waals surface area contributed by atoms with Crippen molar-refractivity contribution >= 4 is 17.2 Å². The minimum Gasteiger partial charge on any atom is -0.339 e. The average molecular weight is 317 g/mol. The topological polar surface area (TPSA) is 59.2 Å². The zero-order chi connectivity index (χ0) is 14.9. The van der Waals surface area contributed by atoms with Crippen molar-refractivity contribution in [2.24, 2.45) is 5.92 Å². The van der Waals surface area contributed by atoms with E-state index in [-0.39, 0.29) is 5.91 Å². The molecule has 4 rings (SSSR count). The molecule has 2 aromatic rings. The molecule has 22 heavy (non-hydrogen) atoms. The predicted molar refractivity (Wildman–Crippen MR) is 82.9 cm³/mol. The van der Waals surface area contributed by atoms with Crippen molar-refractivity contribution in [2.75, 3.05) is 13.1 Å². The molecule has 6 heteroatoms. The van der Waals surface area contributed by atoms with Gasteiger partial charge in [-0.2, -0.15) is 4.98 Å². The van der Waals surface area contributed by atoms with Gasteiger partial charge in [0.25, 0.3) is 5.91 Å². The molecule has 1 atom stereocenters. The maximum absolute atomic E-state index is 12.3. The fraction of sp³-hybridized carbons (Fsp3) is 0.562. The van der Waals surface area contributed by atoms with Gasteiger partial charge in [-0.15, -0.1) is 11.3 Å². The standard InChI is InChI=1S/C16H19N3O2S/c20-16(13-2-1-9-22-13)19-8-7-11(10-19)3-6-14-17-15(21-18-14)12-4-5-12/h1-2,9,11-12H,3-8,10H2. The molecule has 1 saturated carbocycles. The Bertz CT molecular complexity index is 648. The highest BCUT2D eigenvalue weighted by Gasteiger charge is 2.30. The van der Waals surface area contributed by atoms with Gasteiger partial charge in [-0.25, -0.2) is 0 Å². The molecule has 0 aromatic carbocycles. The quantitative estimate of drug-likeness (QED) is 0.850. The monoisotopic (exact) mass is 317 g/mol. The first kappa shape index (κ1) is 13.9. The lowest BCUT2D eigenvalue weighted by Gasteiger charge is -2.15. The van der Waals surface area contributed by atoms with Crippen molar-refractivity contribution in [1.29, 1.82) is 0 Å². The zero-order valence-corrected chi connectivity index (χ0v) is 13.2. The summed E-state index contributed by atoms with van der Waals surface area (Å²) in [5, 5.41) is 6.02. The molecule has 0 N–H and O–H groups in total. The van der Waals surface area contributed by atoms with Crippen LogP contribution in [0.1, 0.15) is 53.0 Å². The van der Waals surface area contributed by atoms with Crippen LogP contribution in [0.4, 0.5) is 0 Å². The first-order chi connectivity index (χ1) is 10.8. The lowest BCUT2D eigenvalue weighted by atomic mass is 10.0. The second kappa shape index (κ2) is 5.83. The Morgan fingerprint density at radius 1 is 1.41 bits per heavy atom. The second-order valence-electron chi connectivity index (χ2n) is 6.24. The molecule has 1 amide bonds. The van der Waals surface area contributed by atoms with E-state index < -0.39 is 0 Å². The smallest absolute Gasteiger partial charge is 0.263 e. The minimum absolute atomic E-state index is 0.174. The molecule has 1 unspecified atom stereocenters. The third-order valence-corrected chi connectivity index (χ3v) is 5.35. The van der Waals surface area contributed by atoms with E-state index in [2.05, 4.69) is 10.1 Å². The number of thiophene rings is 1. The van der Waals surface area contributed by atoms with Crippen LogP contribution in [0.2, 0.25) is 0 Å². The predicted octanol–water partition coefficient (Wildman–Crippen LogP) is 3.10. The number of amides is 1. The van der Waals surface area contributed by atoms with Gasteiger partial charge in [-0.1, -0.05) is 11.2 Å². The maximum atomic E-state index is 12.3. The number of hydrogen-bond donors (Lipinski definition) is 0. The Hall–Kier alpha value is -1.69. The Labute approximate surface area is 133 Å². The summed E-state index contributed by atoms with van der Waals surface area (Å²) in [6.07, 6.45) is 5.32. The van der Waals surface area contributed by atoms with Gasteiger partial charge in [0.1, 0.15) is 0 Å². The molecule has 0 bridgehead atoms. The number of likely N-dealkylation sites (tertiary alicyclic amines) is 1. The first-order valence-electron chi connectivity index (χ1n) is 7.95. The molecule has 1 aliphatic heterocycles. The molecular weight excluding hydrogens is 298 g/mol. The largest absolute Gasteiger partial charge is 0.339 e. The van der Waals surface area contributed by atoms with Gasteiger partial charge in [0.2, 0.25) is 5.89 Å². The van der Waals surface area contributed by atoms with Crippen LogP contribution in [0.25, 0.3) is 0 Å². The van der Waals surface area contributed by atoms with E-state index in [1.165, 1.54) is 24.2 Å². The maximum Gasteiger partial charge on any atom is 0.263 e. The molecule has 0 radical (unpaired) electrons. The van der Waals surface area contributed by atoms with E-state index in [9.17, 15) is 4.79 Å². The summed E-state index contributed by atoms with van der Waals surface area (Å²) in [7, 11) is 0. The van der Waals surface area contributed by atoms with Crippen LogP contribution in [0.5, 0.6) is 0 Å². The van der Waals surface area contributed by atoms with Crippen LogP contribution in [0, 0.1) is 5.92 Å². The van der Waals surface area contributed by atoms with Gasteiger partial charge in [-0.05, 0) is 43.0 Å². The molecule has 1 saturated heterocycles. The SMILES string of the molecule is O=C(c1cccs1)N1CCC(CCc2noc(C3CC3)n2)C1. The van der Waals surface area contributed by atoms with E-state index in [0.717, 1.165) is 48.9 Å². The Kier molecular flexibility index (Phi) is 3.70. The molecule has 3 heterocycles. The number of carbonyl (C=O) groups is 1. The molecule has 2 aromatic heterocycles. The zero-order valence-electron chi connectivity index (χ0n) is 12.4. The van der Waals surface area contributed by atoms with Gasteiger partial charge < -0.3 is 9.42 Å².